The molecule has 5 heteroatoms. The largest absolute Gasteiger partial charge is 0.379 e. The van der Waals surface area contributed by atoms with Crippen molar-refractivity contribution in [2.45, 2.75) is 44.8 Å². The van der Waals surface area contributed by atoms with Crippen molar-refractivity contribution in [2.24, 2.45) is 0 Å². The first-order valence-electron chi connectivity index (χ1n) is 8.92. The normalized spacial score (nSPS) is 21.5. The van der Waals surface area contributed by atoms with Gasteiger partial charge < -0.3 is 20.6 Å². The highest BCUT2D eigenvalue weighted by Gasteiger charge is 2.41. The summed E-state index contributed by atoms with van der Waals surface area (Å²) in [6.45, 7) is 7.49. The molecule has 5 nitrogen and oxygen atoms in total. The molecule has 1 aromatic rings. The van der Waals surface area contributed by atoms with Gasteiger partial charge in [-0.25, -0.2) is 0 Å². The molecule has 2 rings (SSSR count). The molecule has 24 heavy (non-hydrogen) atoms. The van der Waals surface area contributed by atoms with Crippen LogP contribution in [0.2, 0.25) is 0 Å². The maximum atomic E-state index is 12.7. The van der Waals surface area contributed by atoms with E-state index in [1.165, 1.54) is 5.56 Å². The SMILES string of the molecule is CNCCNC[C@@]1(O)CCCN(Cc2ccc(C(C)C)cc2)C1=O. The van der Waals surface area contributed by atoms with Crippen molar-refractivity contribution in [1.82, 2.24) is 15.5 Å². The van der Waals surface area contributed by atoms with E-state index in [-0.39, 0.29) is 5.91 Å². The second-order valence-electron chi connectivity index (χ2n) is 7.04. The molecule has 0 aliphatic carbocycles. The molecule has 1 atom stereocenters. The molecule has 0 spiro atoms. The first kappa shape index (κ1) is 18.9. The van der Waals surface area contributed by atoms with Crippen molar-refractivity contribution in [2.75, 3.05) is 33.2 Å². The second-order valence-corrected chi connectivity index (χ2v) is 7.04. The summed E-state index contributed by atoms with van der Waals surface area (Å²) in [7, 11) is 1.88. The Hall–Kier alpha value is -1.43. The summed E-state index contributed by atoms with van der Waals surface area (Å²) in [5.74, 6) is 0.350. The molecule has 0 bridgehead atoms. The number of likely N-dealkylation sites (tertiary alicyclic amines) is 1. The summed E-state index contributed by atoms with van der Waals surface area (Å²) in [6.07, 6.45) is 1.36. The van der Waals surface area contributed by atoms with Gasteiger partial charge in [-0.3, -0.25) is 4.79 Å². The molecular weight excluding hydrogens is 302 g/mol. The highest BCUT2D eigenvalue weighted by atomic mass is 16.3. The fourth-order valence-electron chi connectivity index (χ4n) is 3.12. The number of aliphatic hydroxyl groups is 1. The third kappa shape index (κ3) is 4.79. The van der Waals surface area contributed by atoms with Crippen LogP contribution >= 0.6 is 0 Å². The van der Waals surface area contributed by atoms with Gasteiger partial charge in [-0.05, 0) is 36.9 Å². The number of carbonyl (C=O) groups is 1. The van der Waals surface area contributed by atoms with E-state index in [4.69, 9.17) is 0 Å². The Kier molecular flexibility index (Phi) is 6.78. The number of piperidine rings is 1. The van der Waals surface area contributed by atoms with Gasteiger partial charge in [0.25, 0.3) is 5.91 Å². The highest BCUT2D eigenvalue weighted by molar-refractivity contribution is 5.86. The number of likely N-dealkylation sites (N-methyl/N-ethyl adjacent to an activating group) is 1. The van der Waals surface area contributed by atoms with Crippen LogP contribution in [0.25, 0.3) is 0 Å². The Morgan fingerprint density at radius 1 is 1.25 bits per heavy atom. The zero-order chi connectivity index (χ0) is 17.6. The monoisotopic (exact) mass is 333 g/mol. The van der Waals surface area contributed by atoms with Gasteiger partial charge in [0.1, 0.15) is 0 Å². The molecule has 1 amide bonds. The molecule has 1 saturated heterocycles. The van der Waals surface area contributed by atoms with Crippen LogP contribution in [0.3, 0.4) is 0 Å². The van der Waals surface area contributed by atoms with Crippen molar-refractivity contribution >= 4 is 5.91 Å². The second kappa shape index (κ2) is 8.60. The average Bonchev–Trinajstić information content (AvgIpc) is 2.57. The van der Waals surface area contributed by atoms with Crippen LogP contribution in [-0.4, -0.2) is 54.7 Å². The Morgan fingerprint density at radius 2 is 1.96 bits per heavy atom. The zero-order valence-corrected chi connectivity index (χ0v) is 15.1. The first-order valence-corrected chi connectivity index (χ1v) is 8.92. The summed E-state index contributed by atoms with van der Waals surface area (Å²) in [5.41, 5.74) is 1.14. The predicted molar refractivity (Wildman–Crippen MR) is 96.9 cm³/mol. The van der Waals surface area contributed by atoms with Crippen molar-refractivity contribution in [3.8, 4) is 0 Å². The lowest BCUT2D eigenvalue weighted by Gasteiger charge is -2.38. The third-order valence-electron chi connectivity index (χ3n) is 4.69. The van der Waals surface area contributed by atoms with Gasteiger partial charge in [0.2, 0.25) is 0 Å². The molecule has 134 valence electrons. The maximum absolute atomic E-state index is 12.7. The minimum absolute atomic E-state index is 0.154. The predicted octanol–water partition coefficient (Wildman–Crippen LogP) is 1.47. The van der Waals surface area contributed by atoms with Gasteiger partial charge in [0.05, 0.1) is 0 Å². The first-order chi connectivity index (χ1) is 11.5. The molecule has 1 aliphatic rings. The number of nitrogens with zero attached hydrogens (tertiary/aromatic N) is 1. The van der Waals surface area contributed by atoms with E-state index in [0.717, 1.165) is 25.1 Å². The van der Waals surface area contributed by atoms with E-state index >= 15 is 0 Å². The number of nitrogens with one attached hydrogen (secondary N) is 2. The lowest BCUT2D eigenvalue weighted by Crippen LogP contribution is -2.58. The molecule has 0 aromatic heterocycles. The zero-order valence-electron chi connectivity index (χ0n) is 15.1. The quantitative estimate of drug-likeness (QED) is 0.631. The smallest absolute Gasteiger partial charge is 0.256 e. The molecule has 0 saturated carbocycles. The Morgan fingerprint density at radius 3 is 2.58 bits per heavy atom. The van der Waals surface area contributed by atoms with Crippen molar-refractivity contribution in [3.63, 3.8) is 0 Å². The highest BCUT2D eigenvalue weighted by Crippen LogP contribution is 2.24. The Labute approximate surface area is 145 Å². The third-order valence-corrected chi connectivity index (χ3v) is 4.69. The summed E-state index contributed by atoms with van der Waals surface area (Å²) < 4.78 is 0. The minimum Gasteiger partial charge on any atom is -0.379 e. The molecule has 0 radical (unpaired) electrons. The van der Waals surface area contributed by atoms with Gasteiger partial charge in [-0.2, -0.15) is 0 Å². The Bertz CT molecular complexity index is 530. The van der Waals surface area contributed by atoms with Crippen LogP contribution in [0.15, 0.2) is 24.3 Å². The van der Waals surface area contributed by atoms with Crippen LogP contribution in [0, 0.1) is 0 Å². The van der Waals surface area contributed by atoms with Gasteiger partial charge in [-0.15, -0.1) is 0 Å². The van der Waals surface area contributed by atoms with Crippen LogP contribution in [0.4, 0.5) is 0 Å². The summed E-state index contributed by atoms with van der Waals surface area (Å²) >= 11 is 0. The van der Waals surface area contributed by atoms with Gasteiger partial charge >= 0.3 is 0 Å². The topological polar surface area (TPSA) is 64.6 Å². The molecule has 1 aromatic carbocycles. The number of hydrogen-bond donors (Lipinski definition) is 3. The maximum Gasteiger partial charge on any atom is 0.256 e. The fourth-order valence-corrected chi connectivity index (χ4v) is 3.12. The lowest BCUT2D eigenvalue weighted by atomic mass is 9.91. The van der Waals surface area contributed by atoms with E-state index in [9.17, 15) is 9.90 Å². The van der Waals surface area contributed by atoms with Crippen molar-refractivity contribution in [3.05, 3.63) is 35.4 Å². The lowest BCUT2D eigenvalue weighted by molar-refractivity contribution is -0.157. The average molecular weight is 333 g/mol. The number of hydrogen-bond acceptors (Lipinski definition) is 4. The summed E-state index contributed by atoms with van der Waals surface area (Å²) in [6, 6.07) is 8.42. The van der Waals surface area contributed by atoms with Crippen molar-refractivity contribution in [1.29, 1.82) is 0 Å². The van der Waals surface area contributed by atoms with E-state index in [1.54, 1.807) is 4.90 Å². The number of rotatable bonds is 8. The molecule has 3 N–H and O–H groups in total. The van der Waals surface area contributed by atoms with Crippen LogP contribution in [-0.2, 0) is 11.3 Å². The van der Waals surface area contributed by atoms with Gasteiger partial charge in [0, 0.05) is 32.7 Å². The number of carbonyl (C=O) groups excluding carboxylic acids is 1. The minimum atomic E-state index is -1.27. The standard InChI is InChI=1S/C19H31N3O2/c1-15(2)17-7-5-16(6-8-17)13-22-12-4-9-19(24,18(22)23)14-21-11-10-20-3/h5-8,15,20-21,24H,4,9-14H2,1-3H3/t19-/m0/s1. The summed E-state index contributed by atoms with van der Waals surface area (Å²) in [4.78, 5) is 14.5. The van der Waals surface area contributed by atoms with Crippen molar-refractivity contribution < 1.29 is 9.90 Å². The van der Waals surface area contributed by atoms with Gasteiger partial charge in [0.15, 0.2) is 5.60 Å². The van der Waals surface area contributed by atoms with E-state index in [2.05, 4.69) is 48.7 Å². The fraction of sp³-hybridized carbons (Fsp3) is 0.632. The van der Waals surface area contributed by atoms with E-state index in [1.807, 2.05) is 7.05 Å². The molecule has 1 aliphatic heterocycles. The van der Waals surface area contributed by atoms with Crippen LogP contribution in [0.5, 0.6) is 0 Å². The Balaban J connectivity index is 1.96. The number of amides is 1. The van der Waals surface area contributed by atoms with Gasteiger partial charge in [-0.1, -0.05) is 38.1 Å². The van der Waals surface area contributed by atoms with Crippen LogP contribution in [0.1, 0.15) is 43.7 Å². The van der Waals surface area contributed by atoms with E-state index in [0.29, 0.717) is 32.0 Å². The van der Waals surface area contributed by atoms with Crippen LogP contribution < -0.4 is 10.6 Å². The molecule has 1 fully saturated rings. The molecule has 1 heterocycles. The molecule has 0 unspecified atom stereocenters. The summed E-state index contributed by atoms with van der Waals surface area (Å²) in [5, 5.41) is 16.9. The van der Waals surface area contributed by atoms with E-state index < -0.39 is 5.60 Å². The molecular formula is C19H31N3O2. The number of benzene rings is 1.